The van der Waals surface area contributed by atoms with Crippen LogP contribution in [0, 0.1) is 5.82 Å². The molecule has 12 heavy (non-hydrogen) atoms. The second-order valence-electron chi connectivity index (χ2n) is 2.33. The lowest BCUT2D eigenvalue weighted by atomic mass is 10.3. The molecule has 0 fully saturated rings. The van der Waals surface area contributed by atoms with Crippen LogP contribution < -0.4 is 0 Å². The fraction of sp³-hybridized carbons (Fsp3) is 0. The average Bonchev–Trinajstić information content (AvgIpc) is 2.05. The van der Waals surface area contributed by atoms with E-state index in [2.05, 4.69) is 9.97 Å². The van der Waals surface area contributed by atoms with Crippen molar-refractivity contribution in [2.75, 3.05) is 0 Å². The molecule has 0 atom stereocenters. The fourth-order valence-corrected chi connectivity index (χ4v) is 1.10. The lowest BCUT2D eigenvalue weighted by Crippen LogP contribution is -1.84. The third kappa shape index (κ3) is 1.23. The first-order valence-corrected chi connectivity index (χ1v) is 3.71. The highest BCUT2D eigenvalue weighted by atomic mass is 35.5. The molecule has 60 valence electrons. The Hall–Kier alpha value is -1.22. The summed E-state index contributed by atoms with van der Waals surface area (Å²) >= 11 is 5.59. The molecule has 4 heteroatoms. The zero-order valence-electron chi connectivity index (χ0n) is 5.96. The van der Waals surface area contributed by atoms with Crippen LogP contribution in [-0.2, 0) is 0 Å². The third-order valence-electron chi connectivity index (χ3n) is 1.47. The molecule has 0 saturated carbocycles. The number of rotatable bonds is 0. The number of nitrogens with zero attached hydrogens (tertiary/aromatic N) is 2. The summed E-state index contributed by atoms with van der Waals surface area (Å²) in [6.45, 7) is 0. The molecular weight excluding hydrogens is 179 g/mol. The smallest absolute Gasteiger partial charge is 0.148 e. The maximum Gasteiger partial charge on any atom is 0.148 e. The van der Waals surface area contributed by atoms with Crippen LogP contribution in [0.25, 0.3) is 11.0 Å². The van der Waals surface area contributed by atoms with E-state index in [4.69, 9.17) is 11.6 Å². The minimum Gasteiger partial charge on any atom is -0.251 e. The number of hydrogen-bond acceptors (Lipinski definition) is 2. The molecule has 0 amide bonds. The Balaban J connectivity index is 2.79. The zero-order chi connectivity index (χ0) is 8.55. The average molecular weight is 183 g/mol. The Bertz CT molecular complexity index is 389. The summed E-state index contributed by atoms with van der Waals surface area (Å²) in [4.78, 5) is 7.86. The van der Waals surface area contributed by atoms with Gasteiger partial charge in [0.15, 0.2) is 0 Å². The van der Waals surface area contributed by atoms with Crippen molar-refractivity contribution in [2.24, 2.45) is 0 Å². The number of benzene rings is 1. The van der Waals surface area contributed by atoms with Gasteiger partial charge in [-0.3, -0.25) is 4.98 Å². The van der Waals surface area contributed by atoms with Crippen LogP contribution in [0.5, 0.6) is 0 Å². The molecule has 1 heterocycles. The fourth-order valence-electron chi connectivity index (χ4n) is 0.961. The molecule has 0 N–H and O–H groups in total. The summed E-state index contributed by atoms with van der Waals surface area (Å²) in [5.74, 6) is -0.320. The summed E-state index contributed by atoms with van der Waals surface area (Å²) in [5, 5.41) is 0.314. The van der Waals surface area contributed by atoms with Gasteiger partial charge in [-0.25, -0.2) is 9.37 Å². The van der Waals surface area contributed by atoms with Gasteiger partial charge in [0, 0.05) is 6.07 Å². The van der Waals surface area contributed by atoms with Gasteiger partial charge in [0.1, 0.15) is 11.0 Å². The second kappa shape index (κ2) is 2.68. The van der Waals surface area contributed by atoms with Crippen LogP contribution in [0.4, 0.5) is 4.39 Å². The van der Waals surface area contributed by atoms with Crippen LogP contribution in [0.3, 0.4) is 0 Å². The van der Waals surface area contributed by atoms with E-state index in [9.17, 15) is 4.39 Å². The van der Waals surface area contributed by atoms with Crippen molar-refractivity contribution in [2.45, 2.75) is 0 Å². The Morgan fingerprint density at radius 3 is 2.92 bits per heavy atom. The first kappa shape index (κ1) is 7.43. The van der Waals surface area contributed by atoms with Gasteiger partial charge < -0.3 is 0 Å². The summed E-state index contributed by atoms with van der Waals surface area (Å²) in [6, 6.07) is 4.19. The SMILES string of the molecule is Fc1ccc2nc(Cl)cnc2c1. The first-order valence-electron chi connectivity index (χ1n) is 3.33. The molecule has 2 rings (SSSR count). The van der Waals surface area contributed by atoms with E-state index in [0.29, 0.717) is 16.2 Å². The maximum absolute atomic E-state index is 12.6. The standard InChI is InChI=1S/C8H4ClFN2/c9-8-4-11-7-3-5(10)1-2-6(7)12-8/h1-4H. The van der Waals surface area contributed by atoms with Crippen LogP contribution in [0.1, 0.15) is 0 Å². The van der Waals surface area contributed by atoms with Crippen molar-refractivity contribution in [1.82, 2.24) is 9.97 Å². The van der Waals surface area contributed by atoms with E-state index < -0.39 is 0 Å². The van der Waals surface area contributed by atoms with E-state index in [1.165, 1.54) is 18.3 Å². The molecule has 2 nitrogen and oxygen atoms in total. The molecule has 0 aliphatic heterocycles. The van der Waals surface area contributed by atoms with Crippen LogP contribution in [0.2, 0.25) is 5.15 Å². The molecule has 0 spiro atoms. The normalized spacial score (nSPS) is 10.5. The molecule has 0 aliphatic rings. The van der Waals surface area contributed by atoms with Gasteiger partial charge in [-0.15, -0.1) is 0 Å². The van der Waals surface area contributed by atoms with E-state index in [1.54, 1.807) is 6.07 Å². The summed E-state index contributed by atoms with van der Waals surface area (Å²) in [7, 11) is 0. The molecule has 0 bridgehead atoms. The topological polar surface area (TPSA) is 25.8 Å². The summed E-state index contributed by atoms with van der Waals surface area (Å²) < 4.78 is 12.6. The Kier molecular flexibility index (Phi) is 1.66. The van der Waals surface area contributed by atoms with Crippen LogP contribution in [-0.4, -0.2) is 9.97 Å². The second-order valence-corrected chi connectivity index (χ2v) is 2.71. The van der Waals surface area contributed by atoms with Crippen LogP contribution >= 0.6 is 11.6 Å². The lowest BCUT2D eigenvalue weighted by molar-refractivity contribution is 0.629. The Labute approximate surface area is 73.0 Å². The van der Waals surface area contributed by atoms with E-state index in [0.717, 1.165) is 0 Å². The predicted molar refractivity (Wildman–Crippen MR) is 44.5 cm³/mol. The van der Waals surface area contributed by atoms with Crippen molar-refractivity contribution in [3.05, 3.63) is 35.4 Å². The maximum atomic E-state index is 12.6. The first-order chi connectivity index (χ1) is 5.75. The zero-order valence-corrected chi connectivity index (χ0v) is 6.72. The van der Waals surface area contributed by atoms with Crippen molar-refractivity contribution in [1.29, 1.82) is 0 Å². The number of fused-ring (bicyclic) bond motifs is 1. The van der Waals surface area contributed by atoms with Crippen LogP contribution in [0.15, 0.2) is 24.4 Å². The van der Waals surface area contributed by atoms with Gasteiger partial charge in [-0.2, -0.15) is 0 Å². The molecule has 0 radical (unpaired) electrons. The monoisotopic (exact) mass is 182 g/mol. The quantitative estimate of drug-likeness (QED) is 0.625. The van der Waals surface area contributed by atoms with Crippen molar-refractivity contribution in [3.8, 4) is 0 Å². The van der Waals surface area contributed by atoms with Gasteiger partial charge in [0.25, 0.3) is 0 Å². The summed E-state index contributed by atoms with van der Waals surface area (Å²) in [5.41, 5.74) is 1.11. The molecule has 2 aromatic rings. The van der Waals surface area contributed by atoms with E-state index in [-0.39, 0.29) is 5.82 Å². The molecule has 1 aromatic carbocycles. The minimum absolute atomic E-state index is 0.314. The Morgan fingerprint density at radius 1 is 1.25 bits per heavy atom. The number of hydrogen-bond donors (Lipinski definition) is 0. The van der Waals surface area contributed by atoms with Crippen molar-refractivity contribution < 1.29 is 4.39 Å². The van der Waals surface area contributed by atoms with Gasteiger partial charge in [-0.05, 0) is 12.1 Å². The molecule has 0 saturated heterocycles. The third-order valence-corrected chi connectivity index (χ3v) is 1.66. The number of aromatic nitrogens is 2. The number of halogens is 2. The lowest BCUT2D eigenvalue weighted by Gasteiger charge is -1.95. The highest BCUT2D eigenvalue weighted by Gasteiger charge is 1.98. The van der Waals surface area contributed by atoms with Crippen molar-refractivity contribution in [3.63, 3.8) is 0 Å². The largest absolute Gasteiger partial charge is 0.251 e. The van der Waals surface area contributed by atoms with Gasteiger partial charge >= 0.3 is 0 Å². The van der Waals surface area contributed by atoms with E-state index >= 15 is 0 Å². The van der Waals surface area contributed by atoms with E-state index in [1.807, 2.05) is 0 Å². The highest BCUT2D eigenvalue weighted by molar-refractivity contribution is 6.29. The molecule has 0 aliphatic carbocycles. The summed E-state index contributed by atoms with van der Waals surface area (Å²) in [6.07, 6.45) is 1.39. The highest BCUT2D eigenvalue weighted by Crippen LogP contribution is 2.12. The van der Waals surface area contributed by atoms with Crippen molar-refractivity contribution >= 4 is 22.6 Å². The van der Waals surface area contributed by atoms with Gasteiger partial charge in [-0.1, -0.05) is 11.6 Å². The molecule has 1 aromatic heterocycles. The Morgan fingerprint density at radius 2 is 2.08 bits per heavy atom. The van der Waals surface area contributed by atoms with Gasteiger partial charge in [0.2, 0.25) is 0 Å². The predicted octanol–water partition coefficient (Wildman–Crippen LogP) is 2.42. The van der Waals surface area contributed by atoms with Gasteiger partial charge in [0.05, 0.1) is 17.2 Å². The molecular formula is C8H4ClFN2. The minimum atomic E-state index is -0.320. The molecule has 0 unspecified atom stereocenters.